The van der Waals surface area contributed by atoms with Crippen LogP contribution in [0.1, 0.15) is 12.8 Å². The van der Waals surface area contributed by atoms with E-state index in [2.05, 4.69) is 10.2 Å². The van der Waals surface area contributed by atoms with Crippen molar-refractivity contribution >= 4 is 5.97 Å². The second kappa shape index (κ2) is 7.63. The summed E-state index contributed by atoms with van der Waals surface area (Å²) in [5.41, 5.74) is 0. The molecule has 1 heterocycles. The van der Waals surface area contributed by atoms with Gasteiger partial charge in [-0.2, -0.15) is 0 Å². The van der Waals surface area contributed by atoms with E-state index >= 15 is 0 Å². The summed E-state index contributed by atoms with van der Waals surface area (Å²) >= 11 is 0. The largest absolute Gasteiger partial charge is 0.468 e. The Morgan fingerprint density at radius 3 is 2.71 bits per heavy atom. The quantitative estimate of drug-likeness (QED) is 0.672. The molecule has 0 spiro atoms. The van der Waals surface area contributed by atoms with Crippen molar-refractivity contribution in [1.82, 2.24) is 10.2 Å². The Kier molecular flexibility index (Phi) is 6.47. The number of hydrogen-bond acceptors (Lipinski definition) is 5. The molecule has 0 aromatic heterocycles. The van der Waals surface area contributed by atoms with Gasteiger partial charge in [-0.1, -0.05) is 0 Å². The SMILES string of the molecule is CNC(CN(C)CC1CCOCC1)C(=O)OC. The van der Waals surface area contributed by atoms with Gasteiger partial charge in [0.05, 0.1) is 7.11 Å². The Morgan fingerprint density at radius 1 is 1.53 bits per heavy atom. The van der Waals surface area contributed by atoms with Crippen LogP contribution >= 0.6 is 0 Å². The Labute approximate surface area is 103 Å². The van der Waals surface area contributed by atoms with Crippen molar-refractivity contribution < 1.29 is 14.3 Å². The molecule has 0 radical (unpaired) electrons. The van der Waals surface area contributed by atoms with Crippen LogP contribution in [0.15, 0.2) is 0 Å². The van der Waals surface area contributed by atoms with Crippen LogP contribution in [0.3, 0.4) is 0 Å². The average molecular weight is 244 g/mol. The summed E-state index contributed by atoms with van der Waals surface area (Å²) in [6.45, 7) is 3.43. The molecule has 1 aliphatic heterocycles. The molecular formula is C12H24N2O3. The molecule has 1 fully saturated rings. The van der Waals surface area contributed by atoms with Gasteiger partial charge in [0.25, 0.3) is 0 Å². The predicted molar refractivity (Wildman–Crippen MR) is 65.9 cm³/mol. The Morgan fingerprint density at radius 2 is 2.18 bits per heavy atom. The highest BCUT2D eigenvalue weighted by Gasteiger charge is 2.21. The van der Waals surface area contributed by atoms with Gasteiger partial charge in [0.15, 0.2) is 0 Å². The fourth-order valence-corrected chi connectivity index (χ4v) is 2.18. The van der Waals surface area contributed by atoms with Gasteiger partial charge in [-0.15, -0.1) is 0 Å². The molecule has 5 heteroatoms. The molecule has 1 unspecified atom stereocenters. The van der Waals surface area contributed by atoms with Gasteiger partial charge in [0, 0.05) is 26.3 Å². The number of carbonyl (C=O) groups is 1. The summed E-state index contributed by atoms with van der Waals surface area (Å²) in [5, 5.41) is 2.98. The van der Waals surface area contributed by atoms with Gasteiger partial charge >= 0.3 is 5.97 Å². The predicted octanol–water partition coefficient (Wildman–Crippen LogP) is 0.106. The number of nitrogens with zero attached hydrogens (tertiary/aromatic N) is 1. The number of carbonyl (C=O) groups excluding carboxylic acids is 1. The number of nitrogens with one attached hydrogen (secondary N) is 1. The number of rotatable bonds is 6. The highest BCUT2D eigenvalue weighted by atomic mass is 16.5. The maximum absolute atomic E-state index is 11.4. The molecule has 0 aliphatic carbocycles. The van der Waals surface area contributed by atoms with E-state index in [-0.39, 0.29) is 12.0 Å². The summed E-state index contributed by atoms with van der Waals surface area (Å²) < 4.78 is 10.1. The van der Waals surface area contributed by atoms with Gasteiger partial charge in [0.2, 0.25) is 0 Å². The second-order valence-corrected chi connectivity index (χ2v) is 4.64. The van der Waals surface area contributed by atoms with Crippen LogP contribution in [0, 0.1) is 5.92 Å². The molecule has 1 atom stereocenters. The van der Waals surface area contributed by atoms with Crippen LogP contribution in [0.25, 0.3) is 0 Å². The van der Waals surface area contributed by atoms with Crippen molar-refractivity contribution in [3.8, 4) is 0 Å². The number of esters is 1. The number of ether oxygens (including phenoxy) is 2. The third kappa shape index (κ3) is 5.02. The lowest BCUT2D eigenvalue weighted by Gasteiger charge is -2.28. The zero-order chi connectivity index (χ0) is 12.7. The monoisotopic (exact) mass is 244 g/mol. The Balaban J connectivity index is 2.30. The van der Waals surface area contributed by atoms with Gasteiger partial charge in [0.1, 0.15) is 6.04 Å². The minimum absolute atomic E-state index is 0.202. The molecule has 1 aliphatic rings. The zero-order valence-corrected chi connectivity index (χ0v) is 11.1. The van der Waals surface area contributed by atoms with Crippen LogP contribution in [-0.2, 0) is 14.3 Å². The van der Waals surface area contributed by atoms with Crippen LogP contribution in [-0.4, -0.2) is 64.4 Å². The maximum atomic E-state index is 11.4. The van der Waals surface area contributed by atoms with Crippen LogP contribution < -0.4 is 5.32 Å². The fraction of sp³-hybridized carbons (Fsp3) is 0.917. The average Bonchev–Trinajstić information content (AvgIpc) is 2.36. The maximum Gasteiger partial charge on any atom is 0.324 e. The third-order valence-corrected chi connectivity index (χ3v) is 3.24. The normalized spacial score (nSPS) is 19.3. The van der Waals surface area contributed by atoms with Crippen LogP contribution in [0.4, 0.5) is 0 Å². The lowest BCUT2D eigenvalue weighted by atomic mass is 10.00. The van der Waals surface area contributed by atoms with E-state index < -0.39 is 0 Å². The smallest absolute Gasteiger partial charge is 0.324 e. The van der Waals surface area contributed by atoms with Crippen molar-refractivity contribution in [3.05, 3.63) is 0 Å². The van der Waals surface area contributed by atoms with E-state index in [9.17, 15) is 4.79 Å². The summed E-state index contributed by atoms with van der Waals surface area (Å²) in [7, 11) is 5.25. The first kappa shape index (κ1) is 14.4. The minimum atomic E-state index is -0.246. The molecule has 0 amide bonds. The van der Waals surface area contributed by atoms with Crippen molar-refractivity contribution in [2.24, 2.45) is 5.92 Å². The fourth-order valence-electron chi connectivity index (χ4n) is 2.18. The lowest BCUT2D eigenvalue weighted by molar-refractivity contribution is -0.143. The third-order valence-electron chi connectivity index (χ3n) is 3.24. The second-order valence-electron chi connectivity index (χ2n) is 4.64. The molecule has 0 saturated carbocycles. The molecule has 17 heavy (non-hydrogen) atoms. The van der Waals surface area contributed by atoms with Crippen molar-refractivity contribution in [2.45, 2.75) is 18.9 Å². The summed E-state index contributed by atoms with van der Waals surface area (Å²) in [4.78, 5) is 13.6. The standard InChI is InChI=1S/C12H24N2O3/c1-13-11(12(15)16-3)9-14(2)8-10-4-6-17-7-5-10/h10-11,13H,4-9H2,1-3H3. The summed E-state index contributed by atoms with van der Waals surface area (Å²) in [6.07, 6.45) is 2.24. The van der Waals surface area contributed by atoms with Crippen molar-refractivity contribution in [2.75, 3.05) is 47.5 Å². The number of likely N-dealkylation sites (N-methyl/N-ethyl adjacent to an activating group) is 2. The minimum Gasteiger partial charge on any atom is -0.468 e. The molecule has 1 saturated heterocycles. The number of hydrogen-bond donors (Lipinski definition) is 1. The molecule has 100 valence electrons. The highest BCUT2D eigenvalue weighted by Crippen LogP contribution is 2.15. The first-order valence-electron chi connectivity index (χ1n) is 6.18. The van der Waals surface area contributed by atoms with E-state index in [0.717, 1.165) is 32.6 Å². The van der Waals surface area contributed by atoms with E-state index in [1.807, 2.05) is 7.05 Å². The molecule has 1 N–H and O–H groups in total. The van der Waals surface area contributed by atoms with E-state index in [1.165, 1.54) is 7.11 Å². The molecule has 5 nitrogen and oxygen atoms in total. The topological polar surface area (TPSA) is 50.8 Å². The summed E-state index contributed by atoms with van der Waals surface area (Å²) in [6, 6.07) is -0.246. The van der Waals surface area contributed by atoms with Crippen molar-refractivity contribution in [1.29, 1.82) is 0 Å². The highest BCUT2D eigenvalue weighted by molar-refractivity contribution is 5.75. The molecule has 0 aromatic carbocycles. The first-order valence-corrected chi connectivity index (χ1v) is 6.18. The van der Waals surface area contributed by atoms with E-state index in [0.29, 0.717) is 12.5 Å². The van der Waals surface area contributed by atoms with E-state index in [4.69, 9.17) is 9.47 Å². The van der Waals surface area contributed by atoms with Gasteiger partial charge in [-0.25, -0.2) is 0 Å². The van der Waals surface area contributed by atoms with Gasteiger partial charge < -0.3 is 19.7 Å². The molecular weight excluding hydrogens is 220 g/mol. The van der Waals surface area contributed by atoms with Gasteiger partial charge in [-0.05, 0) is 32.9 Å². The lowest BCUT2D eigenvalue weighted by Crippen LogP contribution is -2.45. The van der Waals surface area contributed by atoms with E-state index in [1.54, 1.807) is 7.05 Å². The zero-order valence-electron chi connectivity index (χ0n) is 11.1. The number of methoxy groups -OCH3 is 1. The van der Waals surface area contributed by atoms with Crippen LogP contribution in [0.5, 0.6) is 0 Å². The Hall–Kier alpha value is -0.650. The molecule has 0 bridgehead atoms. The van der Waals surface area contributed by atoms with Crippen molar-refractivity contribution in [3.63, 3.8) is 0 Å². The molecule has 0 aromatic rings. The summed E-state index contributed by atoms with van der Waals surface area (Å²) in [5.74, 6) is 0.482. The van der Waals surface area contributed by atoms with Crippen LogP contribution in [0.2, 0.25) is 0 Å². The Bertz CT molecular complexity index is 230. The molecule has 1 rings (SSSR count). The van der Waals surface area contributed by atoms with Gasteiger partial charge in [-0.3, -0.25) is 4.79 Å². The first-order chi connectivity index (χ1) is 8.17.